The first-order valence-electron chi connectivity index (χ1n) is 8.94. The van der Waals surface area contributed by atoms with Crippen molar-refractivity contribution in [3.63, 3.8) is 0 Å². The van der Waals surface area contributed by atoms with Crippen LogP contribution in [0.3, 0.4) is 0 Å². The van der Waals surface area contributed by atoms with Crippen LogP contribution in [0.1, 0.15) is 21.5 Å². The zero-order valence-electron chi connectivity index (χ0n) is 15.5. The summed E-state index contributed by atoms with van der Waals surface area (Å²) in [6, 6.07) is 19.6. The number of hydrogen-bond donors (Lipinski definition) is 1. The Balaban J connectivity index is 1.80. The van der Waals surface area contributed by atoms with E-state index in [0.717, 1.165) is 22.3 Å². The van der Waals surface area contributed by atoms with Gasteiger partial charge in [0.05, 0.1) is 16.8 Å². The molecule has 0 saturated heterocycles. The molecule has 3 nitrogen and oxygen atoms in total. The molecule has 4 rings (SSSR count). The Hall–Kier alpha value is -3.53. The fourth-order valence-corrected chi connectivity index (χ4v) is 3.34. The van der Waals surface area contributed by atoms with Crippen molar-refractivity contribution in [2.24, 2.45) is 0 Å². The van der Waals surface area contributed by atoms with E-state index in [-0.39, 0.29) is 11.4 Å². The van der Waals surface area contributed by atoms with Crippen molar-refractivity contribution >= 4 is 16.9 Å². The smallest absolute Gasteiger partial charge is 0.336 e. The molecule has 3 aromatic carbocycles. The maximum atomic E-state index is 14.2. The van der Waals surface area contributed by atoms with E-state index in [1.54, 1.807) is 12.1 Å². The predicted molar refractivity (Wildman–Crippen MR) is 109 cm³/mol. The fourth-order valence-electron chi connectivity index (χ4n) is 3.34. The Morgan fingerprint density at radius 3 is 2.18 bits per heavy atom. The summed E-state index contributed by atoms with van der Waals surface area (Å²) >= 11 is 0. The lowest BCUT2D eigenvalue weighted by atomic mass is 9.99. The molecule has 0 bridgehead atoms. The second-order valence-electron chi connectivity index (χ2n) is 6.94. The van der Waals surface area contributed by atoms with Gasteiger partial charge in [0, 0.05) is 16.5 Å². The van der Waals surface area contributed by atoms with Crippen LogP contribution in [0.15, 0.2) is 66.7 Å². The third-order valence-electron chi connectivity index (χ3n) is 4.81. The highest BCUT2D eigenvalue weighted by Crippen LogP contribution is 2.29. The Labute approximate surface area is 162 Å². The van der Waals surface area contributed by atoms with Crippen LogP contribution in [0.4, 0.5) is 4.39 Å². The summed E-state index contributed by atoms with van der Waals surface area (Å²) in [7, 11) is 0. The lowest BCUT2D eigenvalue weighted by Crippen LogP contribution is -2.00. The monoisotopic (exact) mass is 371 g/mol. The van der Waals surface area contributed by atoms with Crippen molar-refractivity contribution in [2.45, 2.75) is 13.8 Å². The number of hydrogen-bond acceptors (Lipinski definition) is 2. The maximum absolute atomic E-state index is 14.2. The van der Waals surface area contributed by atoms with E-state index in [2.05, 4.69) is 4.98 Å². The highest BCUT2D eigenvalue weighted by molar-refractivity contribution is 6.04. The zero-order chi connectivity index (χ0) is 19.8. The van der Waals surface area contributed by atoms with Crippen LogP contribution in [0.25, 0.3) is 33.3 Å². The highest BCUT2D eigenvalue weighted by Gasteiger charge is 2.13. The van der Waals surface area contributed by atoms with Crippen LogP contribution in [-0.2, 0) is 0 Å². The molecule has 4 heteroatoms. The van der Waals surface area contributed by atoms with Crippen molar-refractivity contribution in [3.05, 3.63) is 89.2 Å². The second-order valence-corrected chi connectivity index (χ2v) is 6.94. The van der Waals surface area contributed by atoms with E-state index >= 15 is 0 Å². The second kappa shape index (κ2) is 6.89. The molecule has 1 aromatic heterocycles. The summed E-state index contributed by atoms with van der Waals surface area (Å²) < 4.78 is 14.2. The average molecular weight is 371 g/mol. The predicted octanol–water partition coefficient (Wildman–Crippen LogP) is 6.02. The first-order valence-corrected chi connectivity index (χ1v) is 8.94. The molecule has 0 unspecified atom stereocenters. The molecule has 0 saturated carbocycles. The molecule has 0 radical (unpaired) electrons. The number of aromatic carboxylic acids is 1. The minimum atomic E-state index is -0.988. The van der Waals surface area contributed by atoms with Gasteiger partial charge in [-0.3, -0.25) is 0 Å². The minimum Gasteiger partial charge on any atom is -0.478 e. The van der Waals surface area contributed by atoms with Crippen LogP contribution < -0.4 is 0 Å². The fraction of sp³-hybridized carbons (Fsp3) is 0.0833. The summed E-state index contributed by atoms with van der Waals surface area (Å²) in [6.07, 6.45) is 0. The average Bonchev–Trinajstić information content (AvgIpc) is 2.67. The van der Waals surface area contributed by atoms with Crippen molar-refractivity contribution in [1.82, 2.24) is 4.98 Å². The molecule has 138 valence electrons. The molecular formula is C24H18FNO2. The third kappa shape index (κ3) is 3.25. The molecule has 0 fully saturated rings. The number of carboxylic acid groups (broad SMARTS) is 1. The SMILES string of the molecule is Cc1ccc(-c2ccc(-c3cc(C(=O)O)c4cc(C)ccc4n3)cc2)c(F)c1. The number of rotatable bonds is 3. The Kier molecular flexibility index (Phi) is 4.40. The normalized spacial score (nSPS) is 11.0. The van der Waals surface area contributed by atoms with Crippen molar-refractivity contribution < 1.29 is 14.3 Å². The lowest BCUT2D eigenvalue weighted by molar-refractivity contribution is 0.0699. The van der Waals surface area contributed by atoms with Gasteiger partial charge >= 0.3 is 5.97 Å². The van der Waals surface area contributed by atoms with Gasteiger partial charge in [0.15, 0.2) is 0 Å². The molecular weight excluding hydrogens is 353 g/mol. The number of benzene rings is 3. The van der Waals surface area contributed by atoms with E-state index in [1.165, 1.54) is 6.07 Å². The van der Waals surface area contributed by atoms with Gasteiger partial charge in [0.2, 0.25) is 0 Å². The molecule has 4 aromatic rings. The van der Waals surface area contributed by atoms with Crippen LogP contribution in [0.5, 0.6) is 0 Å². The molecule has 0 aliphatic rings. The molecule has 1 heterocycles. The van der Waals surface area contributed by atoms with Crippen molar-refractivity contribution in [2.75, 3.05) is 0 Å². The van der Waals surface area contributed by atoms with Gasteiger partial charge in [0.25, 0.3) is 0 Å². The van der Waals surface area contributed by atoms with Crippen LogP contribution in [-0.4, -0.2) is 16.1 Å². The van der Waals surface area contributed by atoms with Crippen LogP contribution in [0.2, 0.25) is 0 Å². The van der Waals surface area contributed by atoms with E-state index in [0.29, 0.717) is 22.2 Å². The van der Waals surface area contributed by atoms with Crippen molar-refractivity contribution in [3.8, 4) is 22.4 Å². The molecule has 0 aliphatic carbocycles. The van der Waals surface area contributed by atoms with E-state index in [9.17, 15) is 14.3 Å². The van der Waals surface area contributed by atoms with Crippen LogP contribution >= 0.6 is 0 Å². The number of nitrogens with zero attached hydrogens (tertiary/aromatic N) is 1. The molecule has 0 amide bonds. The van der Waals surface area contributed by atoms with Gasteiger partial charge in [-0.2, -0.15) is 0 Å². The minimum absolute atomic E-state index is 0.220. The Morgan fingerprint density at radius 2 is 1.50 bits per heavy atom. The molecule has 0 aliphatic heterocycles. The Bertz CT molecular complexity index is 1210. The quantitative estimate of drug-likeness (QED) is 0.479. The van der Waals surface area contributed by atoms with Gasteiger partial charge in [-0.25, -0.2) is 14.2 Å². The maximum Gasteiger partial charge on any atom is 0.336 e. The highest BCUT2D eigenvalue weighted by atomic mass is 19.1. The summed E-state index contributed by atoms with van der Waals surface area (Å²) in [5.74, 6) is -1.25. The molecule has 0 atom stereocenters. The van der Waals surface area contributed by atoms with Crippen LogP contribution in [0, 0.1) is 19.7 Å². The number of carbonyl (C=O) groups is 1. The number of carboxylic acids is 1. The number of aromatic nitrogens is 1. The summed E-state index contributed by atoms with van der Waals surface area (Å²) in [6.45, 7) is 3.77. The summed E-state index contributed by atoms with van der Waals surface area (Å²) in [5, 5.41) is 10.2. The number of aryl methyl sites for hydroxylation is 2. The van der Waals surface area contributed by atoms with Gasteiger partial charge in [-0.1, -0.05) is 48.0 Å². The number of fused-ring (bicyclic) bond motifs is 1. The Morgan fingerprint density at radius 1 is 0.857 bits per heavy atom. The van der Waals surface area contributed by atoms with Crippen molar-refractivity contribution in [1.29, 1.82) is 0 Å². The van der Waals surface area contributed by atoms with E-state index in [1.807, 2.05) is 62.4 Å². The third-order valence-corrected chi connectivity index (χ3v) is 4.81. The number of halogens is 1. The van der Waals surface area contributed by atoms with E-state index < -0.39 is 5.97 Å². The van der Waals surface area contributed by atoms with Gasteiger partial charge in [-0.15, -0.1) is 0 Å². The van der Waals surface area contributed by atoms with Gasteiger partial charge in [0.1, 0.15) is 5.82 Å². The standard InChI is InChI=1S/C24H18FNO2/c1-14-4-10-22-19(11-14)20(24(27)28)13-23(26-22)17-7-5-16(6-8-17)18-9-3-15(2)12-21(18)25/h3-13H,1-2H3,(H,27,28). The van der Waals surface area contributed by atoms with E-state index in [4.69, 9.17) is 0 Å². The van der Waals surface area contributed by atoms with Gasteiger partial charge in [-0.05, 0) is 49.2 Å². The first-order chi connectivity index (χ1) is 13.4. The molecule has 28 heavy (non-hydrogen) atoms. The molecule has 0 spiro atoms. The number of pyridine rings is 1. The topological polar surface area (TPSA) is 50.2 Å². The zero-order valence-corrected chi connectivity index (χ0v) is 15.5. The largest absolute Gasteiger partial charge is 0.478 e. The van der Waals surface area contributed by atoms with Gasteiger partial charge < -0.3 is 5.11 Å². The first kappa shape index (κ1) is 17.9. The lowest BCUT2D eigenvalue weighted by Gasteiger charge is -2.09. The molecule has 1 N–H and O–H groups in total. The summed E-state index contributed by atoms with van der Waals surface area (Å²) in [4.78, 5) is 16.4. The summed E-state index contributed by atoms with van der Waals surface area (Å²) in [5.41, 5.74) is 5.35.